The van der Waals surface area contributed by atoms with Gasteiger partial charge in [0.05, 0.1) is 18.2 Å². The lowest BCUT2D eigenvalue weighted by molar-refractivity contribution is 0.0868. The van der Waals surface area contributed by atoms with E-state index in [1.54, 1.807) is 0 Å². The number of terminal acetylenes is 1. The Morgan fingerprint density at radius 1 is 1.44 bits per heavy atom. The Hall–Kier alpha value is -1.34. The average Bonchev–Trinajstić information content (AvgIpc) is 2.94. The Morgan fingerprint density at radius 2 is 2.22 bits per heavy atom. The molecule has 0 radical (unpaired) electrons. The number of ether oxygens (including phenoxy) is 1. The van der Waals surface area contributed by atoms with Crippen LogP contribution in [0.25, 0.3) is 0 Å². The van der Waals surface area contributed by atoms with Crippen molar-refractivity contribution in [3.8, 4) is 12.3 Å². The third-order valence-electron chi connectivity index (χ3n) is 3.23. The average molecular weight is 245 g/mol. The summed E-state index contributed by atoms with van der Waals surface area (Å²) in [6.07, 6.45) is 7.10. The highest BCUT2D eigenvalue weighted by atomic mass is 16.5. The molecule has 0 spiro atoms. The number of hydrogen-bond donors (Lipinski definition) is 2. The SMILES string of the molecule is C#C[C@H](NC[C@@H](O)c1ccccc1)[C@H]1CCCO1. The molecule has 3 nitrogen and oxygen atoms in total. The molecule has 0 bridgehead atoms. The van der Waals surface area contributed by atoms with Crippen molar-refractivity contribution < 1.29 is 9.84 Å². The van der Waals surface area contributed by atoms with Gasteiger partial charge in [0.1, 0.15) is 0 Å². The molecule has 1 fully saturated rings. The Kier molecular flexibility index (Phi) is 4.77. The molecule has 0 unspecified atom stereocenters. The number of hydrogen-bond acceptors (Lipinski definition) is 3. The summed E-state index contributed by atoms with van der Waals surface area (Å²) >= 11 is 0. The zero-order chi connectivity index (χ0) is 12.8. The van der Waals surface area contributed by atoms with Crippen molar-refractivity contribution in [1.82, 2.24) is 5.32 Å². The summed E-state index contributed by atoms with van der Waals surface area (Å²) in [6.45, 7) is 1.23. The van der Waals surface area contributed by atoms with E-state index in [-0.39, 0.29) is 12.1 Å². The number of benzene rings is 1. The molecule has 1 aliphatic rings. The van der Waals surface area contributed by atoms with Crippen LogP contribution in [0, 0.1) is 12.3 Å². The second-order valence-electron chi connectivity index (χ2n) is 4.53. The first kappa shape index (κ1) is 13.1. The van der Waals surface area contributed by atoms with Gasteiger partial charge < -0.3 is 9.84 Å². The second kappa shape index (κ2) is 6.55. The molecule has 2 rings (SSSR count). The van der Waals surface area contributed by atoms with Crippen molar-refractivity contribution in [2.24, 2.45) is 0 Å². The normalized spacial score (nSPS) is 22.3. The third kappa shape index (κ3) is 3.33. The Balaban J connectivity index is 1.84. The van der Waals surface area contributed by atoms with Crippen LogP contribution in [0.3, 0.4) is 0 Å². The van der Waals surface area contributed by atoms with E-state index in [1.807, 2.05) is 30.3 Å². The van der Waals surface area contributed by atoms with Crippen molar-refractivity contribution in [3.05, 3.63) is 35.9 Å². The van der Waals surface area contributed by atoms with E-state index in [2.05, 4.69) is 11.2 Å². The fraction of sp³-hybridized carbons (Fsp3) is 0.467. The number of aliphatic hydroxyl groups excluding tert-OH is 1. The van der Waals surface area contributed by atoms with Crippen LogP contribution in [0.4, 0.5) is 0 Å². The van der Waals surface area contributed by atoms with E-state index in [1.165, 1.54) is 0 Å². The van der Waals surface area contributed by atoms with E-state index in [0.717, 1.165) is 25.0 Å². The van der Waals surface area contributed by atoms with E-state index in [4.69, 9.17) is 11.2 Å². The highest BCUT2D eigenvalue weighted by Crippen LogP contribution is 2.16. The molecule has 0 saturated carbocycles. The van der Waals surface area contributed by atoms with Crippen molar-refractivity contribution in [3.63, 3.8) is 0 Å². The molecule has 1 aliphatic heterocycles. The highest BCUT2D eigenvalue weighted by molar-refractivity contribution is 5.17. The van der Waals surface area contributed by atoms with Gasteiger partial charge in [-0.05, 0) is 18.4 Å². The fourth-order valence-electron chi connectivity index (χ4n) is 2.19. The first-order chi connectivity index (χ1) is 8.81. The first-order valence-electron chi connectivity index (χ1n) is 6.35. The van der Waals surface area contributed by atoms with Crippen LogP contribution >= 0.6 is 0 Å². The second-order valence-corrected chi connectivity index (χ2v) is 4.53. The fourth-order valence-corrected chi connectivity index (χ4v) is 2.19. The summed E-state index contributed by atoms with van der Waals surface area (Å²) in [5, 5.41) is 13.2. The third-order valence-corrected chi connectivity index (χ3v) is 3.23. The Morgan fingerprint density at radius 3 is 2.83 bits per heavy atom. The topological polar surface area (TPSA) is 41.5 Å². The molecule has 1 aromatic carbocycles. The van der Waals surface area contributed by atoms with Crippen LogP contribution in [0.5, 0.6) is 0 Å². The summed E-state index contributed by atoms with van der Waals surface area (Å²) < 4.78 is 5.56. The summed E-state index contributed by atoms with van der Waals surface area (Å²) in [5.74, 6) is 2.70. The maximum atomic E-state index is 10.0. The Bertz CT molecular complexity index is 393. The summed E-state index contributed by atoms with van der Waals surface area (Å²) in [6, 6.07) is 9.45. The predicted octanol–water partition coefficient (Wildman–Crippen LogP) is 1.49. The minimum atomic E-state index is -0.538. The molecule has 1 heterocycles. The number of aliphatic hydroxyl groups is 1. The standard InChI is InChI=1S/C15H19NO2/c1-2-13(15-9-6-10-18-15)16-11-14(17)12-7-4-3-5-8-12/h1,3-5,7-8,13-17H,6,9-11H2/t13-,14+,15+/m0/s1. The van der Waals surface area contributed by atoms with Gasteiger partial charge in [-0.15, -0.1) is 6.42 Å². The van der Waals surface area contributed by atoms with Gasteiger partial charge in [-0.1, -0.05) is 36.3 Å². The van der Waals surface area contributed by atoms with Crippen molar-refractivity contribution in [2.75, 3.05) is 13.2 Å². The molecule has 18 heavy (non-hydrogen) atoms. The van der Waals surface area contributed by atoms with E-state index in [0.29, 0.717) is 6.54 Å². The van der Waals surface area contributed by atoms with Gasteiger partial charge in [0.2, 0.25) is 0 Å². The molecule has 96 valence electrons. The monoisotopic (exact) mass is 245 g/mol. The summed E-state index contributed by atoms with van der Waals surface area (Å²) in [4.78, 5) is 0. The van der Waals surface area contributed by atoms with Crippen molar-refractivity contribution >= 4 is 0 Å². The lowest BCUT2D eigenvalue weighted by Gasteiger charge is -2.21. The molecule has 0 aliphatic carbocycles. The summed E-state index contributed by atoms with van der Waals surface area (Å²) in [5.41, 5.74) is 0.896. The number of nitrogens with one attached hydrogen (secondary N) is 1. The van der Waals surface area contributed by atoms with Crippen LogP contribution in [-0.4, -0.2) is 30.4 Å². The van der Waals surface area contributed by atoms with E-state index >= 15 is 0 Å². The largest absolute Gasteiger partial charge is 0.387 e. The molecule has 0 amide bonds. The lowest BCUT2D eigenvalue weighted by atomic mass is 10.1. The first-order valence-corrected chi connectivity index (χ1v) is 6.35. The zero-order valence-electron chi connectivity index (χ0n) is 10.4. The van der Waals surface area contributed by atoms with Gasteiger partial charge in [-0.3, -0.25) is 5.32 Å². The molecule has 1 aromatic rings. The van der Waals surface area contributed by atoms with E-state index in [9.17, 15) is 5.11 Å². The maximum Gasteiger partial charge on any atom is 0.0953 e. The summed E-state index contributed by atoms with van der Waals surface area (Å²) in [7, 11) is 0. The van der Waals surface area contributed by atoms with E-state index < -0.39 is 6.10 Å². The lowest BCUT2D eigenvalue weighted by Crippen LogP contribution is -2.40. The molecule has 0 aromatic heterocycles. The van der Waals surface area contributed by atoms with Gasteiger partial charge in [-0.25, -0.2) is 0 Å². The maximum absolute atomic E-state index is 10.0. The van der Waals surface area contributed by atoms with Crippen LogP contribution in [0.2, 0.25) is 0 Å². The quantitative estimate of drug-likeness (QED) is 0.772. The van der Waals surface area contributed by atoms with Gasteiger partial charge >= 0.3 is 0 Å². The molecule has 3 atom stereocenters. The van der Waals surface area contributed by atoms with Gasteiger partial charge in [-0.2, -0.15) is 0 Å². The van der Waals surface area contributed by atoms with Crippen LogP contribution in [0.1, 0.15) is 24.5 Å². The van der Waals surface area contributed by atoms with Gasteiger partial charge in [0.25, 0.3) is 0 Å². The van der Waals surface area contributed by atoms with Crippen LogP contribution in [0.15, 0.2) is 30.3 Å². The van der Waals surface area contributed by atoms with Crippen molar-refractivity contribution in [1.29, 1.82) is 0 Å². The van der Waals surface area contributed by atoms with Crippen LogP contribution < -0.4 is 5.32 Å². The minimum Gasteiger partial charge on any atom is -0.387 e. The molecule has 2 N–H and O–H groups in total. The molecule has 3 heteroatoms. The predicted molar refractivity (Wildman–Crippen MR) is 71.0 cm³/mol. The van der Waals surface area contributed by atoms with Crippen molar-refractivity contribution in [2.45, 2.75) is 31.1 Å². The molecular weight excluding hydrogens is 226 g/mol. The zero-order valence-corrected chi connectivity index (χ0v) is 10.4. The van der Waals surface area contributed by atoms with Crippen LogP contribution in [-0.2, 0) is 4.74 Å². The smallest absolute Gasteiger partial charge is 0.0953 e. The Labute approximate surface area is 108 Å². The number of rotatable bonds is 5. The highest BCUT2D eigenvalue weighted by Gasteiger charge is 2.24. The molecular formula is C15H19NO2. The van der Waals surface area contributed by atoms with Gasteiger partial charge in [0.15, 0.2) is 0 Å². The minimum absolute atomic E-state index is 0.0815. The van der Waals surface area contributed by atoms with Gasteiger partial charge in [0, 0.05) is 13.2 Å². The molecule has 1 saturated heterocycles.